The third-order valence-electron chi connectivity index (χ3n) is 2.28. The third kappa shape index (κ3) is 4.72. The smallest absolute Gasteiger partial charge is 0.375 e. The number of hydrogen-bond donors (Lipinski definition) is 0. The largest absolute Gasteiger partial charge is 0.460 e. The molecule has 0 fully saturated rings. The fraction of sp³-hybridized carbons (Fsp3) is 0.727. The lowest BCUT2D eigenvalue weighted by molar-refractivity contribution is -0.154. The van der Waals surface area contributed by atoms with Crippen LogP contribution in [-0.4, -0.2) is 24.1 Å². The van der Waals surface area contributed by atoms with E-state index in [2.05, 4.69) is 4.74 Å². The van der Waals surface area contributed by atoms with Crippen LogP contribution in [0.2, 0.25) is 0 Å². The molecule has 4 heteroatoms. The molecule has 0 atom stereocenters. The first-order chi connectivity index (χ1) is 7.06. The Morgan fingerprint density at radius 2 is 1.60 bits per heavy atom. The van der Waals surface area contributed by atoms with Crippen LogP contribution in [0, 0.1) is 5.92 Å². The van der Waals surface area contributed by atoms with Gasteiger partial charge in [0.25, 0.3) is 0 Å². The highest BCUT2D eigenvalue weighted by Crippen LogP contribution is 2.11. The van der Waals surface area contributed by atoms with Gasteiger partial charge in [-0.05, 0) is 19.8 Å². The molecule has 0 heterocycles. The summed E-state index contributed by atoms with van der Waals surface area (Å²) in [6.07, 6.45) is 1.07. The second-order valence-electron chi connectivity index (χ2n) is 3.30. The molecule has 0 aromatic carbocycles. The highest BCUT2D eigenvalue weighted by atomic mass is 16.5. The SMILES string of the molecule is CCOC(=O)C(=O)CC(=O)C(CC)CC. The Balaban J connectivity index is 4.17. The molecule has 0 saturated heterocycles. The van der Waals surface area contributed by atoms with Crippen LogP contribution in [0.15, 0.2) is 0 Å². The van der Waals surface area contributed by atoms with Gasteiger partial charge in [-0.15, -0.1) is 0 Å². The fourth-order valence-corrected chi connectivity index (χ4v) is 1.33. The Labute approximate surface area is 90.0 Å². The number of rotatable bonds is 7. The molecule has 0 aliphatic carbocycles. The van der Waals surface area contributed by atoms with Crippen LogP contribution in [0.4, 0.5) is 0 Å². The first-order valence-corrected chi connectivity index (χ1v) is 5.29. The molecule has 0 radical (unpaired) electrons. The zero-order valence-electron chi connectivity index (χ0n) is 9.54. The summed E-state index contributed by atoms with van der Waals surface area (Å²) >= 11 is 0. The average Bonchev–Trinajstić information content (AvgIpc) is 2.19. The molecular weight excluding hydrogens is 196 g/mol. The number of Topliss-reactive ketones (excluding diaryl/α,β-unsaturated/α-hetero) is 2. The van der Waals surface area contributed by atoms with E-state index >= 15 is 0 Å². The van der Waals surface area contributed by atoms with E-state index in [0.717, 1.165) is 0 Å². The molecule has 0 aliphatic heterocycles. The van der Waals surface area contributed by atoms with Crippen molar-refractivity contribution in [2.75, 3.05) is 6.61 Å². The molecule has 0 unspecified atom stereocenters. The summed E-state index contributed by atoms with van der Waals surface area (Å²) in [6, 6.07) is 0. The van der Waals surface area contributed by atoms with Crippen molar-refractivity contribution in [3.05, 3.63) is 0 Å². The van der Waals surface area contributed by atoms with Gasteiger partial charge in [0.2, 0.25) is 5.78 Å². The van der Waals surface area contributed by atoms with Crippen LogP contribution < -0.4 is 0 Å². The third-order valence-corrected chi connectivity index (χ3v) is 2.28. The molecule has 0 rings (SSSR count). The molecule has 15 heavy (non-hydrogen) atoms. The first-order valence-electron chi connectivity index (χ1n) is 5.29. The van der Waals surface area contributed by atoms with E-state index in [1.807, 2.05) is 13.8 Å². The molecule has 0 saturated carbocycles. The van der Waals surface area contributed by atoms with E-state index in [1.165, 1.54) is 0 Å². The number of hydrogen-bond acceptors (Lipinski definition) is 4. The molecule has 0 aromatic heterocycles. The highest BCUT2D eigenvalue weighted by molar-refractivity contribution is 6.37. The summed E-state index contributed by atoms with van der Waals surface area (Å²) in [5, 5.41) is 0. The molecule has 4 nitrogen and oxygen atoms in total. The number of carbonyl (C=O) groups is 3. The lowest BCUT2D eigenvalue weighted by atomic mass is 9.95. The monoisotopic (exact) mass is 214 g/mol. The Morgan fingerprint density at radius 3 is 2.00 bits per heavy atom. The Hall–Kier alpha value is -1.19. The minimum Gasteiger partial charge on any atom is -0.460 e. The Bertz CT molecular complexity index is 241. The van der Waals surface area contributed by atoms with Gasteiger partial charge >= 0.3 is 5.97 Å². The van der Waals surface area contributed by atoms with Crippen molar-refractivity contribution in [2.45, 2.75) is 40.0 Å². The number of ether oxygens (including phenoxy) is 1. The van der Waals surface area contributed by atoms with Gasteiger partial charge in [-0.25, -0.2) is 4.79 Å². The quantitative estimate of drug-likeness (QED) is 0.366. The van der Waals surface area contributed by atoms with E-state index in [0.29, 0.717) is 12.8 Å². The van der Waals surface area contributed by atoms with Gasteiger partial charge in [-0.3, -0.25) is 9.59 Å². The van der Waals surface area contributed by atoms with Crippen LogP contribution in [0.25, 0.3) is 0 Å². The van der Waals surface area contributed by atoms with Crippen molar-refractivity contribution in [1.29, 1.82) is 0 Å². The summed E-state index contributed by atoms with van der Waals surface area (Å²) in [5.41, 5.74) is 0. The van der Waals surface area contributed by atoms with Crippen molar-refractivity contribution in [3.63, 3.8) is 0 Å². The van der Waals surface area contributed by atoms with E-state index in [9.17, 15) is 14.4 Å². The second-order valence-corrected chi connectivity index (χ2v) is 3.30. The second kappa shape index (κ2) is 7.15. The molecule has 0 amide bonds. The zero-order chi connectivity index (χ0) is 11.8. The van der Waals surface area contributed by atoms with Crippen LogP contribution in [0.1, 0.15) is 40.0 Å². The standard InChI is InChI=1S/C11H18O4/c1-4-8(5-2)9(12)7-10(13)11(14)15-6-3/h8H,4-7H2,1-3H3. The summed E-state index contributed by atoms with van der Waals surface area (Å²) in [6.45, 7) is 5.56. The Morgan fingerprint density at radius 1 is 1.07 bits per heavy atom. The fourth-order valence-electron chi connectivity index (χ4n) is 1.33. The number of ketones is 2. The molecule has 0 N–H and O–H groups in total. The summed E-state index contributed by atoms with van der Waals surface area (Å²) in [5.74, 6) is -1.94. The lowest BCUT2D eigenvalue weighted by Gasteiger charge is -2.09. The maximum absolute atomic E-state index is 11.5. The van der Waals surface area contributed by atoms with Gasteiger partial charge in [-0.2, -0.15) is 0 Å². The molecule has 0 bridgehead atoms. The minimum atomic E-state index is -0.906. The van der Waals surface area contributed by atoms with E-state index < -0.39 is 11.8 Å². The van der Waals surface area contributed by atoms with Gasteiger partial charge in [0.15, 0.2) is 0 Å². The van der Waals surface area contributed by atoms with Gasteiger partial charge < -0.3 is 4.74 Å². The van der Waals surface area contributed by atoms with Crippen molar-refractivity contribution in [3.8, 4) is 0 Å². The predicted octanol–water partition coefficient (Wildman–Crippen LogP) is 1.51. The normalized spacial score (nSPS) is 10.1. The van der Waals surface area contributed by atoms with Gasteiger partial charge in [-0.1, -0.05) is 13.8 Å². The molecule has 0 aliphatic rings. The first kappa shape index (κ1) is 13.8. The Kier molecular flexibility index (Phi) is 6.58. The van der Waals surface area contributed by atoms with Crippen LogP contribution in [0.3, 0.4) is 0 Å². The summed E-state index contributed by atoms with van der Waals surface area (Å²) in [7, 11) is 0. The topological polar surface area (TPSA) is 60.4 Å². The van der Waals surface area contributed by atoms with Crippen LogP contribution in [0.5, 0.6) is 0 Å². The maximum atomic E-state index is 11.5. The van der Waals surface area contributed by atoms with Crippen molar-refractivity contribution in [2.24, 2.45) is 5.92 Å². The molecular formula is C11H18O4. The predicted molar refractivity (Wildman–Crippen MR) is 55.3 cm³/mol. The van der Waals surface area contributed by atoms with Gasteiger partial charge in [0.1, 0.15) is 5.78 Å². The van der Waals surface area contributed by atoms with Crippen LogP contribution in [-0.2, 0) is 19.1 Å². The highest BCUT2D eigenvalue weighted by Gasteiger charge is 2.22. The van der Waals surface area contributed by atoms with Gasteiger partial charge in [0.05, 0.1) is 13.0 Å². The average molecular weight is 214 g/mol. The number of esters is 1. The summed E-state index contributed by atoms with van der Waals surface area (Å²) < 4.78 is 4.51. The van der Waals surface area contributed by atoms with E-state index in [1.54, 1.807) is 6.92 Å². The van der Waals surface area contributed by atoms with Crippen molar-refractivity contribution >= 4 is 17.5 Å². The van der Waals surface area contributed by atoms with Gasteiger partial charge in [0, 0.05) is 5.92 Å². The molecule has 86 valence electrons. The maximum Gasteiger partial charge on any atom is 0.375 e. The van der Waals surface area contributed by atoms with Crippen molar-refractivity contribution < 1.29 is 19.1 Å². The number of carbonyl (C=O) groups excluding carboxylic acids is 3. The molecule has 0 aromatic rings. The van der Waals surface area contributed by atoms with Crippen molar-refractivity contribution in [1.82, 2.24) is 0 Å². The summed E-state index contributed by atoms with van der Waals surface area (Å²) in [4.78, 5) is 33.6. The van der Waals surface area contributed by atoms with E-state index in [4.69, 9.17) is 0 Å². The van der Waals surface area contributed by atoms with Crippen LogP contribution >= 0.6 is 0 Å². The lowest BCUT2D eigenvalue weighted by Crippen LogP contribution is -2.24. The molecule has 0 spiro atoms. The minimum absolute atomic E-state index is 0.122. The van der Waals surface area contributed by atoms with E-state index in [-0.39, 0.29) is 24.7 Å². The zero-order valence-corrected chi connectivity index (χ0v) is 9.54.